The van der Waals surface area contributed by atoms with Gasteiger partial charge >= 0.3 is 12.1 Å². The molecule has 0 saturated carbocycles. The normalized spacial score (nSPS) is 16.3. The molecule has 0 heterocycles. The summed E-state index contributed by atoms with van der Waals surface area (Å²) in [5, 5.41) is 22.9. The molecule has 7 nitrogen and oxygen atoms in total. The third-order valence-corrected chi connectivity index (χ3v) is 9.03. The third-order valence-electron chi connectivity index (χ3n) is 7.23. The molecule has 0 bridgehead atoms. The number of likely N-dealkylation sites (N-methyl/N-ethyl adjacent to an activating group) is 1. The first kappa shape index (κ1) is 31.1. The van der Waals surface area contributed by atoms with Gasteiger partial charge in [0.15, 0.2) is 0 Å². The summed E-state index contributed by atoms with van der Waals surface area (Å²) in [5.41, 5.74) is 1.14. The Morgan fingerprint density at radius 3 is 2.26 bits per heavy atom. The quantitative estimate of drug-likeness (QED) is 0.349. The SMILES string of the molecule is CC(CC(=O)O)c1cc(C(F)(F)F)cc(S(=O)(=O)N(C)C[C@H](O)CNC(C)(C)CC2Cc3ccccc3C2)c1. The predicted octanol–water partition coefficient (Wildman–Crippen LogP) is 4.44. The molecule has 0 radical (unpaired) electrons. The molecule has 0 spiro atoms. The average molecular weight is 571 g/mol. The Labute approximate surface area is 228 Å². The van der Waals surface area contributed by atoms with Crippen LogP contribution in [0.5, 0.6) is 0 Å². The van der Waals surface area contributed by atoms with Gasteiger partial charge in [-0.1, -0.05) is 31.2 Å². The number of aliphatic carboxylic acids is 1. The van der Waals surface area contributed by atoms with Gasteiger partial charge in [0.1, 0.15) is 0 Å². The Bertz CT molecular complexity index is 1260. The number of nitrogens with zero attached hydrogens (tertiary/aromatic N) is 1. The standard InChI is InChI=1S/C28H37F3N2O5S/c1-18(9-26(35)36)22-12-23(28(29,30)31)14-25(13-22)39(37,38)33(4)17-24(34)16-32-27(2,3)15-19-10-20-7-5-6-8-21(20)11-19/h5-8,12-14,18-19,24,32,34H,9-11,15-17H2,1-4H3,(H,35,36)/t18?,24-/m1/s1. The molecule has 3 N–H and O–H groups in total. The summed E-state index contributed by atoms with van der Waals surface area (Å²) < 4.78 is 67.8. The smallest absolute Gasteiger partial charge is 0.416 e. The molecule has 11 heteroatoms. The first-order chi connectivity index (χ1) is 18.0. The topological polar surface area (TPSA) is 107 Å². The molecule has 2 atom stereocenters. The fourth-order valence-electron chi connectivity index (χ4n) is 5.22. The van der Waals surface area contributed by atoms with Crippen LogP contribution in [-0.4, -0.2) is 60.7 Å². The number of hydrogen-bond donors (Lipinski definition) is 3. The van der Waals surface area contributed by atoms with Crippen molar-refractivity contribution in [3.8, 4) is 0 Å². The number of aliphatic hydroxyl groups excluding tert-OH is 1. The Balaban J connectivity index is 1.66. The summed E-state index contributed by atoms with van der Waals surface area (Å²) in [6.07, 6.45) is -3.57. The first-order valence-electron chi connectivity index (χ1n) is 12.9. The van der Waals surface area contributed by atoms with Crippen LogP contribution >= 0.6 is 0 Å². The van der Waals surface area contributed by atoms with E-state index in [0.717, 1.165) is 35.7 Å². The molecular formula is C28H37F3N2O5S. The van der Waals surface area contributed by atoms with Crippen molar-refractivity contribution in [3.63, 3.8) is 0 Å². The molecule has 216 valence electrons. The molecule has 39 heavy (non-hydrogen) atoms. The monoisotopic (exact) mass is 570 g/mol. The maximum absolute atomic E-state index is 13.5. The summed E-state index contributed by atoms with van der Waals surface area (Å²) in [6, 6.07) is 10.7. The second-order valence-electron chi connectivity index (χ2n) is 11.2. The third kappa shape index (κ3) is 8.26. The van der Waals surface area contributed by atoms with Crippen LogP contribution in [0.4, 0.5) is 13.2 Å². The lowest BCUT2D eigenvalue weighted by Gasteiger charge is -2.31. The minimum Gasteiger partial charge on any atom is -0.481 e. The van der Waals surface area contributed by atoms with Crippen molar-refractivity contribution in [1.29, 1.82) is 0 Å². The van der Waals surface area contributed by atoms with Gasteiger partial charge in [-0.15, -0.1) is 0 Å². The largest absolute Gasteiger partial charge is 0.481 e. The van der Waals surface area contributed by atoms with Crippen LogP contribution in [0.1, 0.15) is 61.8 Å². The minimum atomic E-state index is -4.82. The lowest BCUT2D eigenvalue weighted by molar-refractivity contribution is -0.138. The fourth-order valence-corrected chi connectivity index (χ4v) is 6.51. The Morgan fingerprint density at radius 2 is 1.72 bits per heavy atom. The van der Waals surface area contributed by atoms with Gasteiger partial charge in [-0.2, -0.15) is 17.5 Å². The Hall–Kier alpha value is -2.47. The molecule has 2 aromatic rings. The summed E-state index contributed by atoms with van der Waals surface area (Å²) >= 11 is 0. The number of β-amino-alcohol motifs (C(OH)–C–C–N with tert-alkyl or cyclic N) is 1. The number of sulfonamides is 1. The van der Waals surface area contributed by atoms with E-state index >= 15 is 0 Å². The number of alkyl halides is 3. The lowest BCUT2D eigenvalue weighted by atomic mass is 9.88. The highest BCUT2D eigenvalue weighted by atomic mass is 32.2. The zero-order valence-electron chi connectivity index (χ0n) is 22.6. The summed E-state index contributed by atoms with van der Waals surface area (Å²) in [5.74, 6) is -1.60. The zero-order chi connectivity index (χ0) is 29.2. The van der Waals surface area contributed by atoms with Gasteiger partial charge in [-0.25, -0.2) is 8.42 Å². The summed E-state index contributed by atoms with van der Waals surface area (Å²) in [4.78, 5) is 10.5. The number of carboxylic acids is 1. The van der Waals surface area contributed by atoms with Crippen LogP contribution in [0.25, 0.3) is 0 Å². The van der Waals surface area contributed by atoms with Crippen LogP contribution in [0.3, 0.4) is 0 Å². The molecular weight excluding hydrogens is 533 g/mol. The molecule has 1 aliphatic rings. The number of carbonyl (C=O) groups is 1. The van der Waals surface area contributed by atoms with Gasteiger partial charge in [-0.05, 0) is 79.8 Å². The molecule has 1 unspecified atom stereocenters. The van der Waals surface area contributed by atoms with E-state index in [1.54, 1.807) is 0 Å². The molecule has 3 rings (SSSR count). The van der Waals surface area contributed by atoms with E-state index in [0.29, 0.717) is 12.0 Å². The maximum Gasteiger partial charge on any atom is 0.416 e. The van der Waals surface area contributed by atoms with Crippen LogP contribution in [0.2, 0.25) is 0 Å². The van der Waals surface area contributed by atoms with Crippen molar-refractivity contribution < 1.29 is 36.6 Å². The number of halogens is 3. The molecule has 0 aliphatic heterocycles. The van der Waals surface area contributed by atoms with Crippen molar-refractivity contribution in [2.45, 2.75) is 75.1 Å². The number of rotatable bonds is 12. The molecule has 0 amide bonds. The van der Waals surface area contributed by atoms with Crippen LogP contribution in [-0.2, 0) is 33.8 Å². The summed E-state index contributed by atoms with van der Waals surface area (Å²) in [7, 11) is -3.21. The fraction of sp³-hybridized carbons (Fsp3) is 0.536. The van der Waals surface area contributed by atoms with Crippen molar-refractivity contribution >= 4 is 16.0 Å². The number of hydrogen-bond acceptors (Lipinski definition) is 5. The van der Waals surface area contributed by atoms with Crippen molar-refractivity contribution in [2.24, 2.45) is 5.92 Å². The second-order valence-corrected chi connectivity index (χ2v) is 13.3. The van der Waals surface area contributed by atoms with Crippen LogP contribution in [0.15, 0.2) is 47.4 Å². The molecule has 0 fully saturated rings. The number of fused-ring (bicyclic) bond motifs is 1. The van der Waals surface area contributed by atoms with Crippen LogP contribution < -0.4 is 5.32 Å². The van der Waals surface area contributed by atoms with E-state index in [2.05, 4.69) is 17.4 Å². The van der Waals surface area contributed by atoms with Gasteiger partial charge < -0.3 is 15.5 Å². The van der Waals surface area contributed by atoms with Crippen LogP contribution in [0, 0.1) is 5.92 Å². The molecule has 2 aromatic carbocycles. The predicted molar refractivity (Wildman–Crippen MR) is 142 cm³/mol. The van der Waals surface area contributed by atoms with Gasteiger partial charge in [0.2, 0.25) is 10.0 Å². The second kappa shape index (κ2) is 12.0. The number of aliphatic hydroxyl groups is 1. The Kier molecular flexibility index (Phi) is 9.52. The highest BCUT2D eigenvalue weighted by molar-refractivity contribution is 7.89. The van der Waals surface area contributed by atoms with E-state index in [1.165, 1.54) is 25.1 Å². The van der Waals surface area contributed by atoms with Crippen molar-refractivity contribution in [2.75, 3.05) is 20.1 Å². The van der Waals surface area contributed by atoms with Gasteiger partial charge in [0.25, 0.3) is 0 Å². The molecule has 1 aliphatic carbocycles. The summed E-state index contributed by atoms with van der Waals surface area (Å²) in [6.45, 7) is 5.22. The van der Waals surface area contributed by atoms with Gasteiger partial charge in [0, 0.05) is 25.7 Å². The first-order valence-corrected chi connectivity index (χ1v) is 14.3. The van der Waals surface area contributed by atoms with E-state index in [4.69, 9.17) is 5.11 Å². The van der Waals surface area contributed by atoms with E-state index < -0.39 is 51.1 Å². The van der Waals surface area contributed by atoms with Crippen molar-refractivity contribution in [1.82, 2.24) is 9.62 Å². The molecule has 0 saturated heterocycles. The highest BCUT2D eigenvalue weighted by Crippen LogP contribution is 2.35. The average Bonchev–Trinajstić information content (AvgIpc) is 3.23. The van der Waals surface area contributed by atoms with Gasteiger partial charge in [0.05, 0.1) is 23.0 Å². The number of benzene rings is 2. The van der Waals surface area contributed by atoms with E-state index in [9.17, 15) is 31.5 Å². The number of carboxylic acid groups (broad SMARTS) is 1. The highest BCUT2D eigenvalue weighted by Gasteiger charge is 2.35. The van der Waals surface area contributed by atoms with E-state index in [1.807, 2.05) is 26.0 Å². The zero-order valence-corrected chi connectivity index (χ0v) is 23.4. The molecule has 0 aromatic heterocycles. The number of nitrogens with one attached hydrogen (secondary N) is 1. The van der Waals surface area contributed by atoms with E-state index in [-0.39, 0.29) is 24.2 Å². The van der Waals surface area contributed by atoms with Gasteiger partial charge in [-0.3, -0.25) is 4.79 Å². The Morgan fingerprint density at radius 1 is 1.13 bits per heavy atom. The lowest BCUT2D eigenvalue weighted by Crippen LogP contribution is -2.47. The maximum atomic E-state index is 13.5. The minimum absolute atomic E-state index is 0.0442. The van der Waals surface area contributed by atoms with Crippen molar-refractivity contribution in [3.05, 3.63) is 64.7 Å².